The lowest BCUT2D eigenvalue weighted by Crippen LogP contribution is -2.40. The predicted octanol–water partition coefficient (Wildman–Crippen LogP) is 3.06. The number of hydrogen-bond acceptors (Lipinski definition) is 4. The van der Waals surface area contributed by atoms with E-state index in [2.05, 4.69) is 22.3 Å². The monoisotopic (exact) mass is 466 g/mol. The Labute approximate surface area is 196 Å². The van der Waals surface area contributed by atoms with Crippen LogP contribution in [0.25, 0.3) is 0 Å². The summed E-state index contributed by atoms with van der Waals surface area (Å²) >= 11 is 0. The molecule has 1 atom stereocenters. The number of benzene rings is 2. The van der Waals surface area contributed by atoms with Gasteiger partial charge < -0.3 is 16.8 Å². The summed E-state index contributed by atoms with van der Waals surface area (Å²) in [5, 5.41) is 2.99. The van der Waals surface area contributed by atoms with Gasteiger partial charge in [-0.25, -0.2) is 0 Å². The number of nitrogens with one attached hydrogen (secondary N) is 1. The largest absolute Gasteiger partial charge is 0.399 e. The molecule has 1 fully saturated rings. The molecule has 2 aromatic carbocycles. The fourth-order valence-electron chi connectivity index (χ4n) is 3.83. The predicted molar refractivity (Wildman–Crippen MR) is 129 cm³/mol. The Hall–Kier alpha value is -2.28. The molecular formula is C23H32Cl2N4O2. The number of amides is 2. The first-order valence-corrected chi connectivity index (χ1v) is 10.2. The first kappa shape index (κ1) is 26.8. The Morgan fingerprint density at radius 1 is 1.06 bits per heavy atom. The zero-order valence-electron chi connectivity index (χ0n) is 17.6. The number of hydrogen-bond donors (Lipinski definition) is 3. The smallest absolute Gasteiger partial charge is 0.221 e. The van der Waals surface area contributed by atoms with E-state index in [1.54, 1.807) is 0 Å². The van der Waals surface area contributed by atoms with E-state index in [4.69, 9.17) is 11.5 Å². The molecule has 6 nitrogen and oxygen atoms in total. The number of rotatable bonds is 8. The van der Waals surface area contributed by atoms with Gasteiger partial charge in [0.25, 0.3) is 0 Å². The van der Waals surface area contributed by atoms with Crippen LogP contribution >= 0.6 is 24.8 Å². The van der Waals surface area contributed by atoms with Crippen LogP contribution in [0.5, 0.6) is 0 Å². The standard InChI is InChI=1S/C23H30N4O2.2ClH/c24-21-9-2-1-7-19(21)10-11-22(28)26-14-17-5-3-6-18(13-17)15-27-12-4-8-20(16-27)23(25)29;;/h1-3,5-7,9,13,20H,4,8,10-12,14-16,24H2,(H2,25,29)(H,26,28);2*1H. The summed E-state index contributed by atoms with van der Waals surface area (Å²) in [5.41, 5.74) is 15.4. The number of piperidine rings is 1. The van der Waals surface area contributed by atoms with Crippen LogP contribution in [-0.2, 0) is 29.1 Å². The second kappa shape index (κ2) is 13.2. The van der Waals surface area contributed by atoms with Gasteiger partial charge in [-0.15, -0.1) is 24.8 Å². The molecule has 0 radical (unpaired) electrons. The molecule has 0 spiro atoms. The van der Waals surface area contributed by atoms with E-state index in [0.29, 0.717) is 19.4 Å². The van der Waals surface area contributed by atoms with Crippen LogP contribution in [-0.4, -0.2) is 29.8 Å². The molecule has 5 N–H and O–H groups in total. The molecular weight excluding hydrogens is 435 g/mol. The highest BCUT2D eigenvalue weighted by Gasteiger charge is 2.23. The lowest BCUT2D eigenvalue weighted by atomic mass is 9.97. The van der Waals surface area contributed by atoms with Crippen molar-refractivity contribution in [2.24, 2.45) is 11.7 Å². The Balaban J connectivity index is 0.00000240. The summed E-state index contributed by atoms with van der Waals surface area (Å²) in [5.74, 6) is -0.243. The van der Waals surface area contributed by atoms with E-state index >= 15 is 0 Å². The van der Waals surface area contributed by atoms with Crippen LogP contribution in [0.2, 0.25) is 0 Å². The molecule has 8 heteroatoms. The summed E-state index contributed by atoms with van der Waals surface area (Å²) in [4.78, 5) is 25.9. The van der Waals surface area contributed by atoms with Gasteiger partial charge in [0.2, 0.25) is 11.8 Å². The van der Waals surface area contributed by atoms with Crippen molar-refractivity contribution in [2.75, 3.05) is 18.8 Å². The van der Waals surface area contributed by atoms with E-state index in [-0.39, 0.29) is 42.5 Å². The third-order valence-corrected chi connectivity index (χ3v) is 5.47. The maximum atomic E-state index is 12.2. The maximum Gasteiger partial charge on any atom is 0.221 e. The number of para-hydroxylation sites is 1. The molecule has 0 aromatic heterocycles. The SMILES string of the molecule is Cl.Cl.NC(=O)C1CCCN(Cc2cccc(CNC(=O)CCc3ccccc3N)c2)C1. The Kier molecular flexibility index (Phi) is 11.4. The molecule has 3 rings (SSSR count). The van der Waals surface area contributed by atoms with Crippen LogP contribution in [0.3, 0.4) is 0 Å². The summed E-state index contributed by atoms with van der Waals surface area (Å²) in [6, 6.07) is 15.9. The van der Waals surface area contributed by atoms with Gasteiger partial charge in [0.1, 0.15) is 0 Å². The van der Waals surface area contributed by atoms with Crippen molar-refractivity contribution < 1.29 is 9.59 Å². The van der Waals surface area contributed by atoms with Gasteiger partial charge in [0.05, 0.1) is 5.92 Å². The number of nitrogen functional groups attached to an aromatic ring is 1. The third-order valence-electron chi connectivity index (χ3n) is 5.47. The van der Waals surface area contributed by atoms with Crippen molar-refractivity contribution in [3.63, 3.8) is 0 Å². The lowest BCUT2D eigenvalue weighted by Gasteiger charge is -2.31. The van der Waals surface area contributed by atoms with E-state index < -0.39 is 0 Å². The molecule has 1 unspecified atom stereocenters. The first-order chi connectivity index (χ1) is 14.0. The van der Waals surface area contributed by atoms with Gasteiger partial charge in [-0.05, 0) is 48.6 Å². The zero-order chi connectivity index (χ0) is 20.6. The second-order valence-corrected chi connectivity index (χ2v) is 7.77. The summed E-state index contributed by atoms with van der Waals surface area (Å²) < 4.78 is 0. The average molecular weight is 467 g/mol. The van der Waals surface area contributed by atoms with E-state index in [1.807, 2.05) is 36.4 Å². The fourth-order valence-corrected chi connectivity index (χ4v) is 3.83. The molecule has 0 bridgehead atoms. The van der Waals surface area contributed by atoms with Gasteiger partial charge >= 0.3 is 0 Å². The summed E-state index contributed by atoms with van der Waals surface area (Å²) in [7, 11) is 0. The minimum atomic E-state index is -0.205. The van der Waals surface area contributed by atoms with E-state index in [0.717, 1.165) is 49.3 Å². The van der Waals surface area contributed by atoms with Crippen molar-refractivity contribution in [2.45, 2.75) is 38.8 Å². The van der Waals surface area contributed by atoms with Crippen molar-refractivity contribution >= 4 is 42.3 Å². The number of nitrogens with zero attached hydrogens (tertiary/aromatic N) is 1. The normalized spacial score (nSPS) is 15.9. The molecule has 0 saturated carbocycles. The number of nitrogens with two attached hydrogens (primary N) is 2. The van der Waals surface area contributed by atoms with Gasteiger partial charge in [0, 0.05) is 31.7 Å². The quantitative estimate of drug-likeness (QED) is 0.520. The fraction of sp³-hybridized carbons (Fsp3) is 0.391. The van der Waals surface area contributed by atoms with Gasteiger partial charge in [-0.1, -0.05) is 42.5 Å². The van der Waals surface area contributed by atoms with Crippen molar-refractivity contribution in [1.29, 1.82) is 0 Å². The molecule has 2 amide bonds. The number of primary amides is 1. The number of carbonyl (C=O) groups is 2. The van der Waals surface area contributed by atoms with Crippen molar-refractivity contribution in [3.05, 3.63) is 65.2 Å². The summed E-state index contributed by atoms with van der Waals surface area (Å²) in [6.45, 7) is 2.99. The Morgan fingerprint density at radius 2 is 1.81 bits per heavy atom. The van der Waals surface area contributed by atoms with E-state index in [1.165, 1.54) is 5.56 Å². The number of aryl methyl sites for hydroxylation is 1. The molecule has 2 aromatic rings. The molecule has 1 aliphatic rings. The minimum absolute atomic E-state index is 0. The highest BCUT2D eigenvalue weighted by atomic mass is 35.5. The highest BCUT2D eigenvalue weighted by molar-refractivity contribution is 5.85. The van der Waals surface area contributed by atoms with Crippen molar-refractivity contribution in [1.82, 2.24) is 10.2 Å². The van der Waals surface area contributed by atoms with Crippen LogP contribution in [0.4, 0.5) is 5.69 Å². The van der Waals surface area contributed by atoms with Crippen LogP contribution < -0.4 is 16.8 Å². The number of carbonyl (C=O) groups excluding carboxylic acids is 2. The van der Waals surface area contributed by atoms with Crippen molar-refractivity contribution in [3.8, 4) is 0 Å². The van der Waals surface area contributed by atoms with Crippen LogP contribution in [0.15, 0.2) is 48.5 Å². The Bertz CT molecular complexity index is 863. The third kappa shape index (κ3) is 8.40. The lowest BCUT2D eigenvalue weighted by molar-refractivity contribution is -0.123. The van der Waals surface area contributed by atoms with Crippen LogP contribution in [0, 0.1) is 5.92 Å². The molecule has 1 aliphatic heterocycles. The average Bonchev–Trinajstić information content (AvgIpc) is 2.72. The molecule has 1 saturated heterocycles. The number of anilines is 1. The number of likely N-dealkylation sites (tertiary alicyclic amines) is 1. The highest BCUT2D eigenvalue weighted by Crippen LogP contribution is 2.19. The second-order valence-electron chi connectivity index (χ2n) is 7.77. The van der Waals surface area contributed by atoms with Gasteiger partial charge in [0.15, 0.2) is 0 Å². The Morgan fingerprint density at radius 3 is 2.55 bits per heavy atom. The minimum Gasteiger partial charge on any atom is -0.399 e. The topological polar surface area (TPSA) is 101 Å². The molecule has 1 heterocycles. The van der Waals surface area contributed by atoms with Gasteiger partial charge in [-0.2, -0.15) is 0 Å². The maximum absolute atomic E-state index is 12.2. The summed E-state index contributed by atoms with van der Waals surface area (Å²) in [6.07, 6.45) is 2.92. The molecule has 170 valence electrons. The molecule has 0 aliphatic carbocycles. The van der Waals surface area contributed by atoms with E-state index in [9.17, 15) is 9.59 Å². The first-order valence-electron chi connectivity index (χ1n) is 10.2. The number of halogens is 2. The van der Waals surface area contributed by atoms with Crippen LogP contribution in [0.1, 0.15) is 36.0 Å². The molecule has 31 heavy (non-hydrogen) atoms. The zero-order valence-corrected chi connectivity index (χ0v) is 19.2. The van der Waals surface area contributed by atoms with Gasteiger partial charge in [-0.3, -0.25) is 14.5 Å².